The molecule has 0 aliphatic rings. The number of anilines is 1. The van der Waals surface area contributed by atoms with Gasteiger partial charge in [-0.3, -0.25) is 10.1 Å². The lowest BCUT2D eigenvalue weighted by atomic mass is 10.0. The molecule has 0 spiro atoms. The minimum Gasteiger partial charge on any atom is -0.496 e. The van der Waals surface area contributed by atoms with Crippen LogP contribution in [0.4, 0.5) is 10.1 Å². The Morgan fingerprint density at radius 2 is 1.57 bits per heavy atom. The van der Waals surface area contributed by atoms with Gasteiger partial charge in [0.15, 0.2) is 0 Å². The van der Waals surface area contributed by atoms with Crippen molar-refractivity contribution in [1.29, 1.82) is 0 Å². The molecule has 0 radical (unpaired) electrons. The molecule has 144 valence electrons. The summed E-state index contributed by atoms with van der Waals surface area (Å²) < 4.78 is 18.6. The van der Waals surface area contributed by atoms with Gasteiger partial charge in [0.1, 0.15) is 17.6 Å². The quantitative estimate of drug-likeness (QED) is 0.617. The summed E-state index contributed by atoms with van der Waals surface area (Å²) in [4.78, 5) is 13.0. The van der Waals surface area contributed by atoms with Gasteiger partial charge >= 0.3 is 0 Å². The van der Waals surface area contributed by atoms with Crippen LogP contribution >= 0.6 is 0 Å². The smallest absolute Gasteiger partial charge is 0.246 e. The fourth-order valence-electron chi connectivity index (χ4n) is 3.08. The summed E-state index contributed by atoms with van der Waals surface area (Å²) in [6.07, 6.45) is 0. The van der Waals surface area contributed by atoms with E-state index in [2.05, 4.69) is 10.6 Å². The highest BCUT2D eigenvalue weighted by molar-refractivity contribution is 5.95. The molecule has 0 aliphatic heterocycles. The van der Waals surface area contributed by atoms with E-state index in [0.29, 0.717) is 5.69 Å². The summed E-state index contributed by atoms with van der Waals surface area (Å²) in [5.41, 5.74) is 2.34. The molecular formula is C23H23FN2O2. The second-order valence-corrected chi connectivity index (χ2v) is 6.47. The fourth-order valence-corrected chi connectivity index (χ4v) is 3.08. The lowest BCUT2D eigenvalue weighted by Gasteiger charge is -2.24. The van der Waals surface area contributed by atoms with Gasteiger partial charge in [-0.25, -0.2) is 4.39 Å². The highest BCUT2D eigenvalue weighted by atomic mass is 19.1. The molecule has 5 heteroatoms. The van der Waals surface area contributed by atoms with E-state index in [1.807, 2.05) is 61.5 Å². The summed E-state index contributed by atoms with van der Waals surface area (Å²) in [6, 6.07) is 22.2. The van der Waals surface area contributed by atoms with Crippen molar-refractivity contribution in [1.82, 2.24) is 5.32 Å². The van der Waals surface area contributed by atoms with Crippen molar-refractivity contribution in [2.45, 2.75) is 19.0 Å². The van der Waals surface area contributed by atoms with Crippen molar-refractivity contribution in [2.24, 2.45) is 0 Å². The first-order valence-corrected chi connectivity index (χ1v) is 9.09. The molecule has 0 fully saturated rings. The third-order valence-corrected chi connectivity index (χ3v) is 4.53. The first-order valence-electron chi connectivity index (χ1n) is 9.09. The van der Waals surface area contributed by atoms with E-state index in [0.717, 1.165) is 16.9 Å². The third-order valence-electron chi connectivity index (χ3n) is 4.53. The van der Waals surface area contributed by atoms with Gasteiger partial charge in [0, 0.05) is 17.3 Å². The molecule has 0 bridgehead atoms. The van der Waals surface area contributed by atoms with Crippen molar-refractivity contribution in [3.8, 4) is 5.75 Å². The Hall–Kier alpha value is -3.18. The van der Waals surface area contributed by atoms with E-state index in [4.69, 9.17) is 4.74 Å². The van der Waals surface area contributed by atoms with Gasteiger partial charge < -0.3 is 10.1 Å². The van der Waals surface area contributed by atoms with Crippen LogP contribution in [0.15, 0.2) is 78.9 Å². The molecule has 1 amide bonds. The molecule has 2 N–H and O–H groups in total. The van der Waals surface area contributed by atoms with Crippen LogP contribution < -0.4 is 15.4 Å². The SMILES string of the molecule is COc1ccccc1[C@H](C)N[C@H](C(=O)Nc1ccc(F)cc1)c1ccccc1. The predicted molar refractivity (Wildman–Crippen MR) is 109 cm³/mol. The topological polar surface area (TPSA) is 50.4 Å². The number of para-hydroxylation sites is 1. The van der Waals surface area contributed by atoms with Crippen molar-refractivity contribution in [2.75, 3.05) is 12.4 Å². The Bertz CT molecular complexity index is 913. The monoisotopic (exact) mass is 378 g/mol. The molecule has 3 aromatic rings. The zero-order chi connectivity index (χ0) is 19.9. The molecule has 0 saturated carbocycles. The molecule has 3 aromatic carbocycles. The Kier molecular flexibility index (Phi) is 6.40. The predicted octanol–water partition coefficient (Wildman–Crippen LogP) is 4.86. The molecule has 0 saturated heterocycles. The van der Waals surface area contributed by atoms with E-state index < -0.39 is 6.04 Å². The van der Waals surface area contributed by atoms with Gasteiger partial charge in [-0.1, -0.05) is 48.5 Å². The first kappa shape index (κ1) is 19.6. The Balaban J connectivity index is 1.85. The second kappa shape index (κ2) is 9.15. The molecule has 0 aliphatic carbocycles. The summed E-state index contributed by atoms with van der Waals surface area (Å²) >= 11 is 0. The molecule has 0 unspecified atom stereocenters. The van der Waals surface area contributed by atoms with Crippen molar-refractivity contribution in [3.05, 3.63) is 95.8 Å². The largest absolute Gasteiger partial charge is 0.496 e. The number of methoxy groups -OCH3 is 1. The molecule has 3 rings (SSSR count). The minimum absolute atomic E-state index is 0.139. The zero-order valence-corrected chi connectivity index (χ0v) is 15.9. The Morgan fingerprint density at radius 3 is 2.25 bits per heavy atom. The highest BCUT2D eigenvalue weighted by Gasteiger charge is 2.24. The summed E-state index contributed by atoms with van der Waals surface area (Å²) in [5, 5.41) is 6.24. The number of benzene rings is 3. The van der Waals surface area contributed by atoms with E-state index in [1.165, 1.54) is 12.1 Å². The summed E-state index contributed by atoms with van der Waals surface area (Å²) in [6.45, 7) is 1.99. The normalized spacial score (nSPS) is 12.8. The third kappa shape index (κ3) is 4.75. The first-order chi connectivity index (χ1) is 13.6. The van der Waals surface area contributed by atoms with Crippen LogP contribution in [0.3, 0.4) is 0 Å². The molecule has 28 heavy (non-hydrogen) atoms. The Morgan fingerprint density at radius 1 is 0.929 bits per heavy atom. The molecule has 0 heterocycles. The van der Waals surface area contributed by atoms with E-state index >= 15 is 0 Å². The lowest BCUT2D eigenvalue weighted by Crippen LogP contribution is -2.34. The van der Waals surface area contributed by atoms with Gasteiger partial charge in [0.2, 0.25) is 5.91 Å². The maximum Gasteiger partial charge on any atom is 0.246 e. The summed E-state index contributed by atoms with van der Waals surface area (Å²) in [5.74, 6) is 0.188. The van der Waals surface area contributed by atoms with Crippen molar-refractivity contribution >= 4 is 11.6 Å². The molecule has 2 atom stereocenters. The van der Waals surface area contributed by atoms with E-state index in [1.54, 1.807) is 19.2 Å². The number of rotatable bonds is 7. The summed E-state index contributed by atoms with van der Waals surface area (Å²) in [7, 11) is 1.63. The van der Waals surface area contributed by atoms with Crippen LogP contribution in [0.5, 0.6) is 5.75 Å². The molecule has 0 aromatic heterocycles. The highest BCUT2D eigenvalue weighted by Crippen LogP contribution is 2.27. The average Bonchev–Trinajstić information content (AvgIpc) is 2.74. The number of ether oxygens (including phenoxy) is 1. The van der Waals surface area contributed by atoms with Crippen LogP contribution in [0.2, 0.25) is 0 Å². The van der Waals surface area contributed by atoms with Crippen LogP contribution in [-0.2, 0) is 4.79 Å². The standard InChI is InChI=1S/C23H23FN2O2/c1-16(20-10-6-7-11-21(20)28-2)25-22(17-8-4-3-5-9-17)23(27)26-19-14-12-18(24)13-15-19/h3-16,22,25H,1-2H3,(H,26,27)/t16-,22-/m0/s1. The van der Waals surface area contributed by atoms with Crippen LogP contribution in [0, 0.1) is 5.82 Å². The van der Waals surface area contributed by atoms with Gasteiger partial charge in [0.25, 0.3) is 0 Å². The lowest BCUT2D eigenvalue weighted by molar-refractivity contribution is -0.118. The van der Waals surface area contributed by atoms with Crippen LogP contribution in [0.25, 0.3) is 0 Å². The number of hydrogen-bond donors (Lipinski definition) is 2. The maximum absolute atomic E-state index is 13.1. The fraction of sp³-hybridized carbons (Fsp3) is 0.174. The van der Waals surface area contributed by atoms with Gasteiger partial charge in [-0.05, 0) is 42.8 Å². The van der Waals surface area contributed by atoms with Gasteiger partial charge in [0.05, 0.1) is 7.11 Å². The maximum atomic E-state index is 13.1. The second-order valence-electron chi connectivity index (χ2n) is 6.47. The number of amides is 1. The van der Waals surface area contributed by atoms with Gasteiger partial charge in [-0.15, -0.1) is 0 Å². The average molecular weight is 378 g/mol. The minimum atomic E-state index is -0.592. The van der Waals surface area contributed by atoms with Crippen LogP contribution in [-0.4, -0.2) is 13.0 Å². The van der Waals surface area contributed by atoms with Crippen molar-refractivity contribution < 1.29 is 13.9 Å². The number of nitrogens with one attached hydrogen (secondary N) is 2. The van der Waals surface area contributed by atoms with E-state index in [-0.39, 0.29) is 17.8 Å². The Labute approximate surface area is 164 Å². The van der Waals surface area contributed by atoms with E-state index in [9.17, 15) is 9.18 Å². The molecular weight excluding hydrogens is 355 g/mol. The van der Waals surface area contributed by atoms with Gasteiger partial charge in [-0.2, -0.15) is 0 Å². The zero-order valence-electron chi connectivity index (χ0n) is 15.9. The number of carbonyl (C=O) groups excluding carboxylic acids is 1. The van der Waals surface area contributed by atoms with Crippen LogP contribution in [0.1, 0.15) is 30.1 Å². The molecule has 4 nitrogen and oxygen atoms in total. The van der Waals surface area contributed by atoms with Crippen molar-refractivity contribution in [3.63, 3.8) is 0 Å². The number of halogens is 1. The number of carbonyl (C=O) groups is 1. The number of hydrogen-bond acceptors (Lipinski definition) is 3.